The Bertz CT molecular complexity index is 791. The molecule has 0 unspecified atom stereocenters. The number of nitrogens with one attached hydrogen (secondary N) is 1. The maximum atomic E-state index is 7.85. The molecule has 5 heteroatoms. The molecule has 2 aromatic carbocycles. The highest BCUT2D eigenvalue weighted by Crippen LogP contribution is 2.27. The van der Waals surface area contributed by atoms with E-state index in [0.717, 1.165) is 27.0 Å². The third-order valence-corrected chi connectivity index (χ3v) is 3.98. The Morgan fingerprint density at radius 1 is 1.20 bits per heavy atom. The summed E-state index contributed by atoms with van der Waals surface area (Å²) >= 11 is 1.58. The van der Waals surface area contributed by atoms with E-state index >= 15 is 0 Å². The van der Waals surface area contributed by atoms with E-state index in [1.807, 2.05) is 59.6 Å². The molecule has 20 heavy (non-hydrogen) atoms. The zero-order valence-corrected chi connectivity index (χ0v) is 11.8. The smallest absolute Gasteiger partial charge is 0.126 e. The number of fused-ring (bicyclic) bond motifs is 1. The Hall–Kier alpha value is -2.27. The molecular weight excluding hydrogens is 268 g/mol. The van der Waals surface area contributed by atoms with Crippen LogP contribution in [0.3, 0.4) is 0 Å². The van der Waals surface area contributed by atoms with Gasteiger partial charge >= 0.3 is 0 Å². The standard InChI is InChI=1S/C15H14N4S/c1-20-13-8-4-7-12(14(13)15(16)17)19-11-6-3-2-5-10(11)9-18-19/h2-9H,1H3,(H3,16,17). The van der Waals surface area contributed by atoms with E-state index in [1.165, 1.54) is 0 Å². The van der Waals surface area contributed by atoms with Gasteiger partial charge < -0.3 is 5.73 Å². The molecule has 4 nitrogen and oxygen atoms in total. The molecule has 0 spiro atoms. The van der Waals surface area contributed by atoms with E-state index < -0.39 is 0 Å². The highest BCUT2D eigenvalue weighted by molar-refractivity contribution is 7.98. The minimum atomic E-state index is 0.0598. The van der Waals surface area contributed by atoms with Gasteiger partial charge in [-0.2, -0.15) is 5.10 Å². The molecule has 100 valence electrons. The Morgan fingerprint density at radius 3 is 2.75 bits per heavy atom. The molecule has 3 rings (SSSR count). The molecule has 0 aliphatic rings. The fraction of sp³-hybridized carbons (Fsp3) is 0.0667. The molecule has 0 saturated heterocycles. The summed E-state index contributed by atoms with van der Waals surface area (Å²) in [5.41, 5.74) is 8.35. The SMILES string of the molecule is CSc1cccc(-n2ncc3ccccc32)c1C(=N)N. The zero-order valence-electron chi connectivity index (χ0n) is 11.0. The molecule has 1 aromatic heterocycles. The second-order valence-electron chi connectivity index (χ2n) is 4.38. The molecule has 0 bridgehead atoms. The van der Waals surface area contributed by atoms with E-state index in [2.05, 4.69) is 5.10 Å². The van der Waals surface area contributed by atoms with E-state index in [1.54, 1.807) is 11.8 Å². The van der Waals surface area contributed by atoms with Crippen LogP contribution in [0.2, 0.25) is 0 Å². The van der Waals surface area contributed by atoms with Gasteiger partial charge in [-0.25, -0.2) is 4.68 Å². The largest absolute Gasteiger partial charge is 0.384 e. The zero-order chi connectivity index (χ0) is 14.1. The summed E-state index contributed by atoms with van der Waals surface area (Å²) in [6, 6.07) is 13.9. The fourth-order valence-corrected chi connectivity index (χ4v) is 2.93. The van der Waals surface area contributed by atoms with Crippen molar-refractivity contribution in [1.29, 1.82) is 5.41 Å². The van der Waals surface area contributed by atoms with Gasteiger partial charge in [-0.1, -0.05) is 24.3 Å². The quantitative estimate of drug-likeness (QED) is 0.441. The monoisotopic (exact) mass is 282 g/mol. The average Bonchev–Trinajstić information content (AvgIpc) is 2.90. The summed E-state index contributed by atoms with van der Waals surface area (Å²) in [6.45, 7) is 0. The Kier molecular flexibility index (Phi) is 3.20. The number of thioether (sulfide) groups is 1. The highest BCUT2D eigenvalue weighted by atomic mass is 32.2. The first-order valence-corrected chi connectivity index (χ1v) is 7.39. The number of para-hydroxylation sites is 1. The van der Waals surface area contributed by atoms with Crippen LogP contribution in [0, 0.1) is 5.41 Å². The lowest BCUT2D eigenvalue weighted by atomic mass is 10.1. The maximum absolute atomic E-state index is 7.85. The first kappa shape index (κ1) is 12.7. The summed E-state index contributed by atoms with van der Waals surface area (Å²) < 4.78 is 1.84. The number of aromatic nitrogens is 2. The number of rotatable bonds is 3. The van der Waals surface area contributed by atoms with Crippen LogP contribution >= 0.6 is 11.8 Å². The first-order chi connectivity index (χ1) is 9.72. The van der Waals surface area contributed by atoms with E-state index in [0.29, 0.717) is 0 Å². The number of nitrogens with zero attached hydrogens (tertiary/aromatic N) is 2. The molecule has 0 amide bonds. The number of nitrogens with two attached hydrogens (primary N) is 1. The molecule has 0 fully saturated rings. The van der Waals surface area contributed by atoms with Gasteiger partial charge in [0, 0.05) is 10.3 Å². The van der Waals surface area contributed by atoms with Crippen molar-refractivity contribution in [2.75, 3.05) is 6.26 Å². The van der Waals surface area contributed by atoms with Crippen molar-refractivity contribution in [3.63, 3.8) is 0 Å². The number of hydrogen-bond acceptors (Lipinski definition) is 3. The van der Waals surface area contributed by atoms with Crippen molar-refractivity contribution in [1.82, 2.24) is 9.78 Å². The molecule has 0 aliphatic carbocycles. The van der Waals surface area contributed by atoms with Crippen LogP contribution < -0.4 is 5.73 Å². The van der Waals surface area contributed by atoms with Crippen molar-refractivity contribution < 1.29 is 0 Å². The van der Waals surface area contributed by atoms with Gasteiger partial charge in [0.25, 0.3) is 0 Å². The van der Waals surface area contributed by atoms with Gasteiger partial charge in [0.15, 0.2) is 0 Å². The highest BCUT2D eigenvalue weighted by Gasteiger charge is 2.14. The molecular formula is C15H14N4S. The number of amidine groups is 1. The summed E-state index contributed by atoms with van der Waals surface area (Å²) in [5, 5.41) is 13.4. The van der Waals surface area contributed by atoms with Crippen LogP contribution in [0.1, 0.15) is 5.56 Å². The summed E-state index contributed by atoms with van der Waals surface area (Å²) in [5.74, 6) is 0.0598. The lowest BCUT2D eigenvalue weighted by Crippen LogP contribution is -2.16. The third kappa shape index (κ3) is 1.96. The molecule has 0 saturated carbocycles. The number of nitrogen functional groups attached to an aromatic ring is 1. The van der Waals surface area contributed by atoms with Crippen LogP contribution in [0.4, 0.5) is 0 Å². The van der Waals surface area contributed by atoms with Gasteiger partial charge in [-0.3, -0.25) is 5.41 Å². The fourth-order valence-electron chi connectivity index (χ4n) is 2.30. The van der Waals surface area contributed by atoms with E-state index in [4.69, 9.17) is 11.1 Å². The van der Waals surface area contributed by atoms with Gasteiger partial charge in [0.1, 0.15) is 5.84 Å². The van der Waals surface area contributed by atoms with Crippen LogP contribution in [-0.4, -0.2) is 21.9 Å². The Balaban J connectivity index is 2.32. The van der Waals surface area contributed by atoms with Crippen LogP contribution in [0.5, 0.6) is 0 Å². The number of benzene rings is 2. The van der Waals surface area contributed by atoms with Crippen molar-refractivity contribution >= 4 is 28.5 Å². The minimum absolute atomic E-state index is 0.0598. The van der Waals surface area contributed by atoms with Crippen molar-refractivity contribution in [3.05, 3.63) is 54.2 Å². The third-order valence-electron chi connectivity index (χ3n) is 3.20. The second-order valence-corrected chi connectivity index (χ2v) is 5.23. The predicted octanol–water partition coefficient (Wildman–Crippen LogP) is 3.03. The van der Waals surface area contributed by atoms with Gasteiger partial charge in [0.2, 0.25) is 0 Å². The molecule has 3 aromatic rings. The Morgan fingerprint density at radius 2 is 2.00 bits per heavy atom. The lowest BCUT2D eigenvalue weighted by Gasteiger charge is -2.13. The van der Waals surface area contributed by atoms with Gasteiger partial charge in [-0.05, 0) is 24.5 Å². The first-order valence-electron chi connectivity index (χ1n) is 6.17. The van der Waals surface area contributed by atoms with Crippen molar-refractivity contribution in [3.8, 4) is 5.69 Å². The molecule has 0 atom stereocenters. The molecule has 0 radical (unpaired) electrons. The van der Waals surface area contributed by atoms with Crippen LogP contribution in [-0.2, 0) is 0 Å². The van der Waals surface area contributed by atoms with Crippen molar-refractivity contribution in [2.45, 2.75) is 4.90 Å². The van der Waals surface area contributed by atoms with Gasteiger partial charge in [0.05, 0.1) is 23.0 Å². The average molecular weight is 282 g/mol. The van der Waals surface area contributed by atoms with Crippen LogP contribution in [0.15, 0.2) is 53.6 Å². The maximum Gasteiger partial charge on any atom is 0.126 e. The van der Waals surface area contributed by atoms with Crippen LogP contribution in [0.25, 0.3) is 16.6 Å². The van der Waals surface area contributed by atoms with E-state index in [-0.39, 0.29) is 5.84 Å². The number of hydrogen-bond donors (Lipinski definition) is 2. The summed E-state index contributed by atoms with van der Waals surface area (Å²) in [6.07, 6.45) is 3.80. The lowest BCUT2D eigenvalue weighted by molar-refractivity contribution is 0.903. The molecule has 0 aliphatic heterocycles. The van der Waals surface area contributed by atoms with Crippen molar-refractivity contribution in [2.24, 2.45) is 5.73 Å². The Labute approximate surface area is 121 Å². The van der Waals surface area contributed by atoms with Gasteiger partial charge in [-0.15, -0.1) is 11.8 Å². The molecule has 1 heterocycles. The topological polar surface area (TPSA) is 67.7 Å². The predicted molar refractivity (Wildman–Crippen MR) is 83.9 cm³/mol. The van der Waals surface area contributed by atoms with E-state index in [9.17, 15) is 0 Å². The molecule has 3 N–H and O–H groups in total. The second kappa shape index (κ2) is 5.02. The normalized spacial score (nSPS) is 10.8. The minimum Gasteiger partial charge on any atom is -0.384 e. The summed E-state index contributed by atoms with van der Waals surface area (Å²) in [4.78, 5) is 0.981. The summed E-state index contributed by atoms with van der Waals surface area (Å²) in [7, 11) is 0.